The number of nitrogens with zero attached hydrogens (tertiary/aromatic N) is 2. The van der Waals surface area contributed by atoms with Crippen molar-refractivity contribution in [2.75, 3.05) is 6.61 Å². The highest BCUT2D eigenvalue weighted by Gasteiger charge is 2.69. The van der Waals surface area contributed by atoms with Crippen LogP contribution in [0.1, 0.15) is 105 Å². The Labute approximate surface area is 229 Å². The maximum atomic E-state index is 12.9. The average Bonchev–Trinajstić information content (AvgIpc) is 3.24. The Morgan fingerprint density at radius 1 is 1.05 bits per heavy atom. The fourth-order valence-corrected chi connectivity index (χ4v) is 11.8. The first-order valence-corrected chi connectivity index (χ1v) is 15.4. The number of allylic oxidation sites excluding steroid dienone is 2. The van der Waals surface area contributed by atoms with Crippen molar-refractivity contribution in [2.45, 2.75) is 112 Å². The number of aliphatic carboxylic acids is 1. The summed E-state index contributed by atoms with van der Waals surface area (Å²) >= 11 is 0. The predicted octanol–water partition coefficient (Wildman–Crippen LogP) is 6.63. The number of carbonyl (C=O) groups is 1. The van der Waals surface area contributed by atoms with E-state index in [2.05, 4.69) is 65.4 Å². The van der Waals surface area contributed by atoms with Gasteiger partial charge in [-0.2, -0.15) is 5.10 Å². The van der Waals surface area contributed by atoms with Crippen molar-refractivity contribution in [1.82, 2.24) is 9.78 Å². The van der Waals surface area contributed by atoms with Crippen LogP contribution in [0, 0.1) is 51.2 Å². The van der Waals surface area contributed by atoms with Crippen LogP contribution in [0.5, 0.6) is 0 Å². The molecule has 0 saturated heterocycles. The summed E-state index contributed by atoms with van der Waals surface area (Å²) in [6.45, 7) is 17.9. The molecule has 0 spiro atoms. The van der Waals surface area contributed by atoms with Crippen molar-refractivity contribution >= 4 is 5.97 Å². The largest absolute Gasteiger partial charge is 0.481 e. The summed E-state index contributed by atoms with van der Waals surface area (Å²) in [5, 5.41) is 25.1. The highest BCUT2D eigenvalue weighted by Crippen LogP contribution is 2.75. The topological polar surface area (TPSA) is 75.3 Å². The quantitative estimate of drug-likeness (QED) is 0.437. The molecule has 5 nitrogen and oxygen atoms in total. The second-order valence-corrected chi connectivity index (χ2v) is 15.5. The van der Waals surface area contributed by atoms with Crippen LogP contribution in [-0.2, 0) is 23.2 Å². The lowest BCUT2D eigenvalue weighted by Gasteiger charge is -2.70. The molecule has 38 heavy (non-hydrogen) atoms. The van der Waals surface area contributed by atoms with Gasteiger partial charge in [-0.3, -0.25) is 9.48 Å². The van der Waals surface area contributed by atoms with Gasteiger partial charge in [0.25, 0.3) is 0 Å². The smallest absolute Gasteiger partial charge is 0.310 e. The van der Waals surface area contributed by atoms with Gasteiger partial charge in [0.1, 0.15) is 0 Å². The Kier molecular flexibility index (Phi) is 5.74. The summed E-state index contributed by atoms with van der Waals surface area (Å²) in [7, 11) is 0. The third-order valence-electron chi connectivity index (χ3n) is 14.0. The van der Waals surface area contributed by atoms with E-state index in [1.165, 1.54) is 29.7 Å². The number of hydrogen-bond acceptors (Lipinski definition) is 3. The lowest BCUT2D eigenvalue weighted by molar-refractivity contribution is -0.179. The van der Waals surface area contributed by atoms with Crippen molar-refractivity contribution in [3.8, 4) is 0 Å². The van der Waals surface area contributed by atoms with Crippen LogP contribution in [0.2, 0.25) is 0 Å². The summed E-state index contributed by atoms with van der Waals surface area (Å²) < 4.78 is 2.07. The summed E-state index contributed by atoms with van der Waals surface area (Å²) in [5.41, 5.74) is 4.00. The van der Waals surface area contributed by atoms with Gasteiger partial charge in [-0.15, -0.1) is 0 Å². The minimum Gasteiger partial charge on any atom is -0.481 e. The van der Waals surface area contributed by atoms with E-state index in [1.54, 1.807) is 0 Å². The minimum atomic E-state index is -0.579. The lowest BCUT2D eigenvalue weighted by atomic mass is 9.33. The van der Waals surface area contributed by atoms with Crippen LogP contribution in [0.3, 0.4) is 0 Å². The molecule has 3 fully saturated rings. The molecule has 0 radical (unpaired) electrons. The first-order valence-electron chi connectivity index (χ1n) is 15.4. The van der Waals surface area contributed by atoms with Gasteiger partial charge in [0.15, 0.2) is 0 Å². The van der Waals surface area contributed by atoms with Crippen molar-refractivity contribution in [2.24, 2.45) is 51.2 Å². The van der Waals surface area contributed by atoms with E-state index < -0.39 is 11.4 Å². The molecule has 6 rings (SSSR count). The van der Waals surface area contributed by atoms with Crippen molar-refractivity contribution in [3.63, 3.8) is 0 Å². The first-order chi connectivity index (χ1) is 17.8. The molecular formula is C33H50N2O3. The molecule has 9 atom stereocenters. The molecule has 210 valence electrons. The molecule has 0 aromatic carbocycles. The maximum Gasteiger partial charge on any atom is 0.310 e. The van der Waals surface area contributed by atoms with E-state index in [0.29, 0.717) is 30.2 Å². The van der Waals surface area contributed by atoms with Gasteiger partial charge in [0, 0.05) is 11.1 Å². The highest BCUT2D eigenvalue weighted by molar-refractivity contribution is 5.76. The van der Waals surface area contributed by atoms with Crippen LogP contribution in [-0.4, -0.2) is 32.6 Å². The second kappa shape index (κ2) is 8.21. The number of aromatic nitrogens is 2. The minimum absolute atomic E-state index is 0.00142. The number of hydrogen-bond donors (Lipinski definition) is 2. The maximum absolute atomic E-state index is 12.9. The van der Waals surface area contributed by atoms with Crippen molar-refractivity contribution in [1.29, 1.82) is 0 Å². The van der Waals surface area contributed by atoms with E-state index in [1.807, 2.05) is 0 Å². The van der Waals surface area contributed by atoms with Gasteiger partial charge in [-0.05, 0) is 103 Å². The third-order valence-corrected chi connectivity index (χ3v) is 14.0. The molecule has 1 heterocycles. The molecule has 5 aliphatic rings. The number of carboxylic acid groups (broad SMARTS) is 1. The van der Waals surface area contributed by atoms with Crippen LogP contribution < -0.4 is 0 Å². The number of carboxylic acids is 1. The molecule has 2 N–H and O–H groups in total. The SMILES string of the molecule is C[C@H]1[C@H](C)CC[C@]2(C(=O)O)CC[C@]3(C)C(=CC[C@@H]4[C@@]5(C)Cc6cnn(CCO)c6C(C)(C)[C@@H]5CC[C@]43C)[C@H]12. The van der Waals surface area contributed by atoms with E-state index >= 15 is 0 Å². The second-order valence-electron chi connectivity index (χ2n) is 15.5. The van der Waals surface area contributed by atoms with Crippen LogP contribution >= 0.6 is 0 Å². The molecule has 3 saturated carbocycles. The van der Waals surface area contributed by atoms with Crippen LogP contribution in [0.4, 0.5) is 0 Å². The Morgan fingerprint density at radius 3 is 2.47 bits per heavy atom. The van der Waals surface area contributed by atoms with Crippen LogP contribution in [0.15, 0.2) is 17.8 Å². The van der Waals surface area contributed by atoms with Gasteiger partial charge in [0.2, 0.25) is 0 Å². The molecular weight excluding hydrogens is 472 g/mol. The van der Waals surface area contributed by atoms with Gasteiger partial charge in [0.05, 0.1) is 24.8 Å². The summed E-state index contributed by atoms with van der Waals surface area (Å²) in [4.78, 5) is 12.9. The zero-order valence-corrected chi connectivity index (χ0v) is 24.8. The van der Waals surface area contributed by atoms with E-state index in [0.717, 1.165) is 38.5 Å². The van der Waals surface area contributed by atoms with E-state index in [4.69, 9.17) is 5.10 Å². The number of aliphatic hydroxyl groups excluding tert-OH is 1. The normalized spacial score (nSPS) is 47.1. The van der Waals surface area contributed by atoms with Crippen molar-refractivity contribution in [3.05, 3.63) is 29.1 Å². The highest BCUT2D eigenvalue weighted by atomic mass is 16.4. The van der Waals surface area contributed by atoms with E-state index in [9.17, 15) is 15.0 Å². The molecule has 5 aliphatic carbocycles. The molecule has 0 aliphatic heterocycles. The van der Waals surface area contributed by atoms with Crippen molar-refractivity contribution < 1.29 is 15.0 Å². The Balaban J connectivity index is 1.46. The van der Waals surface area contributed by atoms with Gasteiger partial charge in [-0.25, -0.2) is 0 Å². The van der Waals surface area contributed by atoms with Crippen LogP contribution in [0.25, 0.3) is 0 Å². The predicted molar refractivity (Wildman–Crippen MR) is 150 cm³/mol. The molecule has 0 unspecified atom stereocenters. The molecule has 0 amide bonds. The summed E-state index contributed by atoms with van der Waals surface area (Å²) in [6, 6.07) is 0. The Bertz CT molecular complexity index is 1180. The zero-order chi connectivity index (χ0) is 27.5. The summed E-state index contributed by atoms with van der Waals surface area (Å²) in [6.07, 6.45) is 12.9. The number of fused-ring (bicyclic) bond motifs is 8. The lowest BCUT2D eigenvalue weighted by Crippen LogP contribution is -2.65. The molecule has 5 heteroatoms. The van der Waals surface area contributed by atoms with Gasteiger partial charge < -0.3 is 10.2 Å². The average molecular weight is 523 g/mol. The zero-order valence-electron chi connectivity index (χ0n) is 24.8. The Morgan fingerprint density at radius 2 is 1.79 bits per heavy atom. The third kappa shape index (κ3) is 3.03. The first kappa shape index (κ1) is 26.6. The fourth-order valence-electron chi connectivity index (χ4n) is 11.8. The monoisotopic (exact) mass is 522 g/mol. The number of aliphatic hydroxyl groups is 1. The fraction of sp³-hybridized carbons (Fsp3) is 0.818. The summed E-state index contributed by atoms with van der Waals surface area (Å²) in [5.74, 6) is 1.72. The Hall–Kier alpha value is -1.62. The standard InChI is InChI=1S/C33H50N2O3/c1-20-10-13-33(28(37)38)15-14-31(6)23(26(33)21(20)2)8-9-25-30(5)18-22-19-34-35(16-17-36)27(22)29(3,4)24(30)11-12-32(25,31)7/h8,19-21,24-26,36H,9-18H2,1-7H3,(H,37,38)/t20-,21+,24+,25-,26+,30+,31-,32-,33+/m1/s1. The molecule has 0 bridgehead atoms. The van der Waals surface area contributed by atoms with Gasteiger partial charge in [-0.1, -0.05) is 60.1 Å². The van der Waals surface area contributed by atoms with Gasteiger partial charge >= 0.3 is 5.97 Å². The number of rotatable bonds is 3. The molecule has 1 aromatic heterocycles. The van der Waals surface area contributed by atoms with E-state index in [-0.39, 0.29) is 34.2 Å². The molecule has 1 aromatic rings.